The van der Waals surface area contributed by atoms with E-state index in [-0.39, 0.29) is 23.2 Å². The Balaban J connectivity index is 1.46. The number of benzene rings is 1. The number of amides is 2. The first-order chi connectivity index (χ1) is 12.5. The molecule has 2 saturated heterocycles. The summed E-state index contributed by atoms with van der Waals surface area (Å²) >= 11 is 0. The maximum atomic E-state index is 12.5. The van der Waals surface area contributed by atoms with Gasteiger partial charge in [0.1, 0.15) is 0 Å². The highest BCUT2D eigenvalue weighted by Crippen LogP contribution is 2.45. The molecule has 1 spiro atoms. The molecule has 1 saturated carbocycles. The second-order valence-corrected chi connectivity index (χ2v) is 8.23. The van der Waals surface area contributed by atoms with Crippen LogP contribution in [0.1, 0.15) is 31.2 Å². The number of rotatable bonds is 4. The molecule has 1 unspecified atom stereocenters. The van der Waals surface area contributed by atoms with Gasteiger partial charge in [0.15, 0.2) is 0 Å². The molecule has 4 rings (SSSR count). The van der Waals surface area contributed by atoms with Crippen molar-refractivity contribution in [3.05, 3.63) is 35.9 Å². The molecule has 142 valence electrons. The Morgan fingerprint density at radius 1 is 1.15 bits per heavy atom. The zero-order chi connectivity index (χ0) is 18.2. The van der Waals surface area contributed by atoms with E-state index in [1.54, 1.807) is 0 Å². The molecule has 2 heterocycles. The highest BCUT2D eigenvalue weighted by molar-refractivity contribution is 5.78. The molecule has 0 radical (unpaired) electrons. The van der Waals surface area contributed by atoms with Crippen LogP contribution >= 0.6 is 0 Å². The average molecular weight is 358 g/mol. The van der Waals surface area contributed by atoms with Crippen molar-refractivity contribution in [2.75, 3.05) is 33.7 Å². The van der Waals surface area contributed by atoms with Crippen LogP contribution < -0.4 is 21.7 Å². The van der Waals surface area contributed by atoms with Crippen molar-refractivity contribution in [3.63, 3.8) is 0 Å². The van der Waals surface area contributed by atoms with Crippen LogP contribution in [0.15, 0.2) is 30.3 Å². The summed E-state index contributed by atoms with van der Waals surface area (Å²) in [5, 5.41) is 3.32. The molecule has 1 aromatic carbocycles. The molecule has 3 aliphatic rings. The fourth-order valence-electron chi connectivity index (χ4n) is 4.85. The zero-order valence-corrected chi connectivity index (χ0v) is 15.7. The fraction of sp³-hybridized carbons (Fsp3) is 0.632. The first kappa shape index (κ1) is 17.7. The molecule has 2 amide bonds. The first-order valence-corrected chi connectivity index (χ1v) is 9.57. The molecule has 7 nitrogen and oxygen atoms in total. The predicted octanol–water partition coefficient (Wildman–Crippen LogP) is 0.763. The zero-order valence-electron chi connectivity index (χ0n) is 15.7. The minimum atomic E-state index is -0.0785. The van der Waals surface area contributed by atoms with Crippen molar-refractivity contribution in [2.24, 2.45) is 0 Å². The predicted molar refractivity (Wildman–Crippen MR) is 101 cm³/mol. The third-order valence-corrected chi connectivity index (χ3v) is 6.51. The third-order valence-electron chi connectivity index (χ3n) is 6.51. The van der Waals surface area contributed by atoms with Crippen molar-refractivity contribution in [3.8, 4) is 0 Å². The van der Waals surface area contributed by atoms with Gasteiger partial charge < -0.3 is 10.2 Å². The molecule has 7 heteroatoms. The van der Waals surface area contributed by atoms with Crippen LogP contribution in [0.3, 0.4) is 0 Å². The Morgan fingerprint density at radius 3 is 2.50 bits per heavy atom. The van der Waals surface area contributed by atoms with Gasteiger partial charge in [-0.2, -0.15) is 5.53 Å². The van der Waals surface area contributed by atoms with Crippen LogP contribution in [0.5, 0.6) is 0 Å². The second-order valence-electron chi connectivity index (χ2n) is 8.23. The van der Waals surface area contributed by atoms with Gasteiger partial charge in [-0.15, -0.1) is 0 Å². The maximum Gasteiger partial charge on any atom is 0.318 e. The number of hydrazine groups is 2. The van der Waals surface area contributed by atoms with Gasteiger partial charge in [0.25, 0.3) is 0 Å². The molecule has 2 aliphatic heterocycles. The summed E-state index contributed by atoms with van der Waals surface area (Å²) in [7, 11) is 4.35. The lowest BCUT2D eigenvalue weighted by atomic mass is 9.69. The van der Waals surface area contributed by atoms with E-state index in [4.69, 9.17) is 0 Å². The second kappa shape index (κ2) is 6.81. The normalized spacial score (nSPS) is 34.7. The van der Waals surface area contributed by atoms with Gasteiger partial charge in [0.05, 0.1) is 11.6 Å². The Kier molecular flexibility index (Phi) is 4.64. The van der Waals surface area contributed by atoms with Gasteiger partial charge in [-0.25, -0.2) is 15.6 Å². The number of carbonyl (C=O) groups is 1. The van der Waals surface area contributed by atoms with E-state index in [1.807, 2.05) is 4.90 Å². The van der Waals surface area contributed by atoms with E-state index >= 15 is 0 Å². The van der Waals surface area contributed by atoms with E-state index in [0.717, 1.165) is 45.3 Å². The van der Waals surface area contributed by atoms with Crippen LogP contribution in [-0.4, -0.2) is 61.1 Å². The average Bonchev–Trinajstić information content (AvgIpc) is 3.25. The lowest BCUT2D eigenvalue weighted by Gasteiger charge is -2.48. The molecule has 1 aliphatic carbocycles. The molecule has 3 fully saturated rings. The fourth-order valence-corrected chi connectivity index (χ4v) is 4.85. The Hall–Kier alpha value is -1.67. The summed E-state index contributed by atoms with van der Waals surface area (Å²) in [5.41, 5.74) is 10.5. The molecule has 1 aromatic rings. The van der Waals surface area contributed by atoms with Crippen LogP contribution in [0.4, 0.5) is 4.79 Å². The minimum absolute atomic E-state index is 0.0610. The number of urea groups is 1. The van der Waals surface area contributed by atoms with Crippen molar-refractivity contribution in [2.45, 2.75) is 42.8 Å². The number of carbonyl (C=O) groups excluding carboxylic acids is 1. The van der Waals surface area contributed by atoms with E-state index < -0.39 is 0 Å². The van der Waals surface area contributed by atoms with Crippen molar-refractivity contribution in [1.82, 2.24) is 31.5 Å². The summed E-state index contributed by atoms with van der Waals surface area (Å²) in [5.74, 6) is 0. The number of hydrogen-bond donors (Lipinski definition) is 4. The Labute approximate surface area is 155 Å². The van der Waals surface area contributed by atoms with E-state index in [2.05, 4.69) is 71.0 Å². The SMILES string of the molecule is CN(C)C1(c2ccccc2)CCC2(CC1)CN(CC1CNNN1)C(=O)N2. The summed E-state index contributed by atoms with van der Waals surface area (Å²) in [6, 6.07) is 11.1. The molecular weight excluding hydrogens is 328 g/mol. The van der Waals surface area contributed by atoms with Gasteiger partial charge in [0.2, 0.25) is 0 Å². The van der Waals surface area contributed by atoms with Gasteiger partial charge in [-0.3, -0.25) is 4.90 Å². The van der Waals surface area contributed by atoms with Crippen LogP contribution in [0, 0.1) is 0 Å². The summed E-state index contributed by atoms with van der Waals surface area (Å²) in [6.07, 6.45) is 4.14. The number of nitrogens with one attached hydrogen (secondary N) is 4. The maximum absolute atomic E-state index is 12.5. The quantitative estimate of drug-likeness (QED) is 0.640. The molecular formula is C19H30N6O. The number of hydrogen-bond acceptors (Lipinski definition) is 5. The van der Waals surface area contributed by atoms with Gasteiger partial charge in [0, 0.05) is 25.2 Å². The topological polar surface area (TPSA) is 71.7 Å². The standard InChI is InChI=1S/C19H30N6O/c1-24(2)19(15-6-4-3-5-7-15)10-8-18(9-11-19)14-25(17(26)21-18)13-16-12-20-23-22-16/h3-7,16,20,22-23H,8-14H2,1-2H3,(H,21,26). The highest BCUT2D eigenvalue weighted by Gasteiger charge is 2.50. The first-order valence-electron chi connectivity index (χ1n) is 9.57. The van der Waals surface area contributed by atoms with Crippen LogP contribution in [0.25, 0.3) is 0 Å². The van der Waals surface area contributed by atoms with E-state index in [9.17, 15) is 4.79 Å². The van der Waals surface area contributed by atoms with E-state index in [0.29, 0.717) is 0 Å². The molecule has 0 aromatic heterocycles. The molecule has 0 bridgehead atoms. The highest BCUT2D eigenvalue weighted by atomic mass is 16.2. The van der Waals surface area contributed by atoms with Crippen LogP contribution in [0.2, 0.25) is 0 Å². The summed E-state index contributed by atoms with van der Waals surface area (Å²) < 4.78 is 0. The number of nitrogens with zero attached hydrogens (tertiary/aromatic N) is 2. The largest absolute Gasteiger partial charge is 0.331 e. The van der Waals surface area contributed by atoms with Crippen molar-refractivity contribution >= 4 is 6.03 Å². The smallest absolute Gasteiger partial charge is 0.318 e. The molecule has 1 atom stereocenters. The third kappa shape index (κ3) is 3.09. The van der Waals surface area contributed by atoms with Crippen molar-refractivity contribution < 1.29 is 4.79 Å². The Bertz CT molecular complexity index is 635. The lowest BCUT2D eigenvalue weighted by molar-refractivity contribution is 0.0618. The minimum Gasteiger partial charge on any atom is -0.331 e. The summed E-state index contributed by atoms with van der Waals surface area (Å²) in [6.45, 7) is 2.36. The molecule has 4 N–H and O–H groups in total. The molecule has 26 heavy (non-hydrogen) atoms. The monoisotopic (exact) mass is 358 g/mol. The van der Waals surface area contributed by atoms with E-state index in [1.165, 1.54) is 5.56 Å². The summed E-state index contributed by atoms with van der Waals surface area (Å²) in [4.78, 5) is 16.9. The van der Waals surface area contributed by atoms with Gasteiger partial charge in [-0.1, -0.05) is 30.3 Å². The lowest BCUT2D eigenvalue weighted by Crippen LogP contribution is -2.54. The van der Waals surface area contributed by atoms with Gasteiger partial charge in [-0.05, 0) is 45.3 Å². The van der Waals surface area contributed by atoms with Crippen LogP contribution in [-0.2, 0) is 5.54 Å². The Morgan fingerprint density at radius 2 is 1.88 bits per heavy atom. The van der Waals surface area contributed by atoms with Crippen molar-refractivity contribution in [1.29, 1.82) is 0 Å². The van der Waals surface area contributed by atoms with Gasteiger partial charge >= 0.3 is 6.03 Å².